The number of ether oxygens (including phenoxy) is 2. The minimum absolute atomic E-state index is 0.0593. The summed E-state index contributed by atoms with van der Waals surface area (Å²) < 4.78 is 10.2. The fourth-order valence-corrected chi connectivity index (χ4v) is 4.50. The Morgan fingerprint density at radius 3 is 2.23 bits per heavy atom. The number of ketones is 1. The molecule has 3 rings (SSSR count). The molecule has 8 heteroatoms. The Labute approximate surface area is 214 Å². The summed E-state index contributed by atoms with van der Waals surface area (Å²) in [6.45, 7) is 1.91. The molecule has 3 atom stereocenters. The van der Waals surface area contributed by atoms with Crippen molar-refractivity contribution in [3.8, 4) is 28.5 Å². The maximum Gasteiger partial charge on any atom is 0.265 e. The number of aromatic hydroxyl groups is 1. The number of hydrogen-bond donors (Lipinski definition) is 2. The maximum absolute atomic E-state index is 13.6. The molecule has 3 aromatic rings. The van der Waals surface area contributed by atoms with Crippen LogP contribution in [0.4, 0.5) is 0 Å². The van der Waals surface area contributed by atoms with Crippen LogP contribution in [0.2, 0.25) is 0 Å². The first-order valence-electron chi connectivity index (χ1n) is 11.3. The highest BCUT2D eigenvalue weighted by molar-refractivity contribution is 6.28. The Bertz CT molecular complexity index is 1190. The molecule has 0 saturated carbocycles. The fourth-order valence-electron chi connectivity index (χ4n) is 4.10. The number of aromatic nitrogens is 1. The molecule has 0 bridgehead atoms. The maximum atomic E-state index is 13.6. The highest BCUT2D eigenvalue weighted by atomic mass is 35.5. The third-order valence-electron chi connectivity index (χ3n) is 6.10. The molecule has 0 amide bonds. The number of benzene rings is 2. The second-order valence-corrected chi connectivity index (χ2v) is 9.32. The lowest BCUT2D eigenvalue weighted by atomic mass is 9.83. The van der Waals surface area contributed by atoms with Gasteiger partial charge in [-0.3, -0.25) is 14.6 Å². The van der Waals surface area contributed by atoms with Gasteiger partial charge in [0, 0.05) is 17.2 Å². The van der Waals surface area contributed by atoms with Gasteiger partial charge in [0.1, 0.15) is 5.56 Å². The molecule has 2 N–H and O–H groups in total. The first-order chi connectivity index (χ1) is 16.8. The third-order valence-corrected chi connectivity index (χ3v) is 7.18. The second kappa shape index (κ2) is 12.1. The van der Waals surface area contributed by atoms with Crippen LogP contribution in [0.15, 0.2) is 59.4 Å². The SMILES string of the molecule is COc1[nH]c(=O)c(C(=O)[C@@H](Cc2ccc(-c3ccccc3)cc2)C[C@H](C)[C@@H](Cl)CCl)c(O)c1OC. The summed E-state index contributed by atoms with van der Waals surface area (Å²) >= 11 is 12.3. The summed E-state index contributed by atoms with van der Waals surface area (Å²) in [4.78, 5) is 28.9. The molecule has 1 heterocycles. The molecule has 0 saturated heterocycles. The van der Waals surface area contributed by atoms with Crippen LogP contribution in [-0.4, -0.2) is 41.4 Å². The third kappa shape index (κ3) is 6.19. The van der Waals surface area contributed by atoms with Crippen molar-refractivity contribution in [1.29, 1.82) is 0 Å². The predicted molar refractivity (Wildman–Crippen MR) is 139 cm³/mol. The molecule has 0 aliphatic heterocycles. The molecule has 0 aliphatic rings. The normalized spacial score (nSPS) is 13.6. The van der Waals surface area contributed by atoms with Crippen LogP contribution < -0.4 is 15.0 Å². The van der Waals surface area contributed by atoms with Gasteiger partial charge in [0.15, 0.2) is 11.5 Å². The van der Waals surface area contributed by atoms with Gasteiger partial charge >= 0.3 is 0 Å². The minimum atomic E-state index is -0.748. The first-order valence-corrected chi connectivity index (χ1v) is 12.2. The van der Waals surface area contributed by atoms with E-state index in [0.717, 1.165) is 16.7 Å². The van der Waals surface area contributed by atoms with Crippen molar-refractivity contribution < 1.29 is 19.4 Å². The van der Waals surface area contributed by atoms with Gasteiger partial charge in [-0.1, -0.05) is 61.5 Å². The topological polar surface area (TPSA) is 88.6 Å². The van der Waals surface area contributed by atoms with Gasteiger partial charge in [-0.15, -0.1) is 23.2 Å². The minimum Gasteiger partial charge on any atom is -0.503 e. The number of rotatable bonds is 11. The number of methoxy groups -OCH3 is 2. The van der Waals surface area contributed by atoms with Gasteiger partial charge < -0.3 is 14.6 Å². The first kappa shape index (κ1) is 26.6. The van der Waals surface area contributed by atoms with Crippen LogP contribution in [0.5, 0.6) is 17.4 Å². The van der Waals surface area contributed by atoms with Gasteiger partial charge in [0.05, 0.1) is 14.2 Å². The monoisotopic (exact) mass is 517 g/mol. The van der Waals surface area contributed by atoms with E-state index < -0.39 is 23.0 Å². The van der Waals surface area contributed by atoms with E-state index in [9.17, 15) is 14.7 Å². The molecule has 1 aromatic heterocycles. The fraction of sp³-hybridized carbons (Fsp3) is 0.333. The standard InChI is InChI=1S/C27H29Cl2NO5/c1-16(21(29)15-28)13-20(14-17-9-11-19(12-10-17)18-7-5-4-6-8-18)23(31)22-24(32)25(34-2)27(35-3)30-26(22)33/h4-12,16,20-21H,13-15H2,1-3H3,(H2,30,32,33)/t16-,20+,21-/m0/s1. The molecule has 6 nitrogen and oxygen atoms in total. The molecular formula is C27H29Cl2NO5. The van der Waals surface area contributed by atoms with E-state index in [-0.39, 0.29) is 34.4 Å². The smallest absolute Gasteiger partial charge is 0.265 e. The number of hydrogen-bond acceptors (Lipinski definition) is 5. The number of H-pyrrole nitrogens is 1. The van der Waals surface area contributed by atoms with Crippen molar-refractivity contribution in [3.63, 3.8) is 0 Å². The van der Waals surface area contributed by atoms with Crippen molar-refractivity contribution in [2.45, 2.75) is 25.1 Å². The van der Waals surface area contributed by atoms with E-state index in [1.54, 1.807) is 0 Å². The Balaban J connectivity index is 1.96. The number of pyridine rings is 1. The number of nitrogens with one attached hydrogen (secondary N) is 1. The van der Waals surface area contributed by atoms with Crippen LogP contribution in [0.25, 0.3) is 11.1 Å². The highest BCUT2D eigenvalue weighted by Crippen LogP contribution is 2.37. The number of halogens is 2. The Kier molecular flexibility index (Phi) is 9.24. The van der Waals surface area contributed by atoms with E-state index in [1.807, 2.05) is 61.5 Å². The summed E-state index contributed by atoms with van der Waals surface area (Å²) in [5, 5.41) is 10.4. The number of Topliss-reactive ketones (excluding diaryl/α,β-unsaturated/α-hetero) is 1. The second-order valence-electron chi connectivity index (χ2n) is 8.46. The lowest BCUT2D eigenvalue weighted by Gasteiger charge is -2.23. The van der Waals surface area contributed by atoms with E-state index in [4.69, 9.17) is 32.7 Å². The number of alkyl halides is 2. The molecular weight excluding hydrogens is 489 g/mol. The van der Waals surface area contributed by atoms with Crippen molar-refractivity contribution in [2.24, 2.45) is 11.8 Å². The molecule has 35 heavy (non-hydrogen) atoms. The lowest BCUT2D eigenvalue weighted by molar-refractivity contribution is 0.0895. The van der Waals surface area contributed by atoms with E-state index >= 15 is 0 Å². The van der Waals surface area contributed by atoms with E-state index in [2.05, 4.69) is 4.98 Å². The Morgan fingerprint density at radius 1 is 1.03 bits per heavy atom. The van der Waals surface area contributed by atoms with Crippen LogP contribution >= 0.6 is 23.2 Å². The molecule has 0 unspecified atom stereocenters. The van der Waals surface area contributed by atoms with Crippen molar-refractivity contribution in [1.82, 2.24) is 4.98 Å². The Hall–Kier alpha value is -2.96. The number of carbonyl (C=O) groups is 1. The van der Waals surface area contributed by atoms with Crippen LogP contribution in [0, 0.1) is 11.8 Å². The molecule has 0 aliphatic carbocycles. The number of carbonyl (C=O) groups excluding carboxylic acids is 1. The predicted octanol–water partition coefficient (Wildman–Crippen LogP) is 5.68. The summed E-state index contributed by atoms with van der Waals surface area (Å²) in [7, 11) is 2.64. The molecule has 0 fully saturated rings. The lowest BCUT2D eigenvalue weighted by Crippen LogP contribution is -2.29. The zero-order valence-corrected chi connectivity index (χ0v) is 21.4. The Morgan fingerprint density at radius 2 is 1.66 bits per heavy atom. The molecule has 186 valence electrons. The van der Waals surface area contributed by atoms with Gasteiger partial charge in [0.25, 0.3) is 5.56 Å². The average Bonchev–Trinajstić information content (AvgIpc) is 2.88. The molecule has 2 aromatic carbocycles. The van der Waals surface area contributed by atoms with Crippen LogP contribution in [-0.2, 0) is 6.42 Å². The van der Waals surface area contributed by atoms with Crippen LogP contribution in [0.3, 0.4) is 0 Å². The van der Waals surface area contributed by atoms with Gasteiger partial charge in [0.2, 0.25) is 11.6 Å². The van der Waals surface area contributed by atoms with Crippen molar-refractivity contribution >= 4 is 29.0 Å². The summed E-state index contributed by atoms with van der Waals surface area (Å²) in [5.74, 6) is -1.70. The summed E-state index contributed by atoms with van der Waals surface area (Å²) in [6, 6.07) is 17.9. The zero-order chi connectivity index (χ0) is 25.5. The van der Waals surface area contributed by atoms with E-state index in [1.165, 1.54) is 14.2 Å². The molecule has 0 spiro atoms. The highest BCUT2D eigenvalue weighted by Gasteiger charge is 2.31. The largest absolute Gasteiger partial charge is 0.503 e. The average molecular weight is 518 g/mol. The molecule has 0 radical (unpaired) electrons. The quantitative estimate of drug-likeness (QED) is 0.252. The van der Waals surface area contributed by atoms with E-state index in [0.29, 0.717) is 12.8 Å². The summed E-state index contributed by atoms with van der Waals surface area (Å²) in [5.41, 5.74) is 1.96. The van der Waals surface area contributed by atoms with Crippen LogP contribution in [0.1, 0.15) is 29.3 Å². The van der Waals surface area contributed by atoms with Crippen molar-refractivity contribution in [2.75, 3.05) is 20.1 Å². The van der Waals surface area contributed by atoms with Gasteiger partial charge in [-0.2, -0.15) is 0 Å². The van der Waals surface area contributed by atoms with Gasteiger partial charge in [-0.05, 0) is 35.4 Å². The number of aromatic amines is 1. The van der Waals surface area contributed by atoms with Crippen molar-refractivity contribution in [3.05, 3.63) is 76.1 Å². The van der Waals surface area contributed by atoms with Gasteiger partial charge in [-0.25, -0.2) is 0 Å². The summed E-state index contributed by atoms with van der Waals surface area (Å²) in [6.07, 6.45) is 0.741. The zero-order valence-electron chi connectivity index (χ0n) is 19.9.